The Bertz CT molecular complexity index is 850. The van der Waals surface area contributed by atoms with E-state index in [0.29, 0.717) is 30.5 Å². The number of aliphatic imine (C=N–C) groups is 1. The highest BCUT2D eigenvalue weighted by Gasteiger charge is 2.16. The lowest BCUT2D eigenvalue weighted by Crippen LogP contribution is -2.02. The summed E-state index contributed by atoms with van der Waals surface area (Å²) in [7, 11) is 0. The van der Waals surface area contributed by atoms with Gasteiger partial charge in [-0.2, -0.15) is 0 Å². The Morgan fingerprint density at radius 2 is 2.04 bits per heavy atom. The minimum absolute atomic E-state index is 0.171. The number of halogens is 1. The third kappa shape index (κ3) is 5.70. The van der Waals surface area contributed by atoms with Crippen LogP contribution in [0.5, 0.6) is 0 Å². The fourth-order valence-corrected chi connectivity index (χ4v) is 3.50. The predicted octanol–water partition coefficient (Wildman–Crippen LogP) is 5.42. The molecule has 5 heteroatoms. The number of carboxylic acid groups (broad SMARTS) is 1. The highest BCUT2D eigenvalue weighted by atomic mass is 35.5. The lowest BCUT2D eigenvalue weighted by Gasteiger charge is -2.12. The molecule has 146 valence electrons. The maximum Gasteiger partial charge on any atom is 0.336 e. The Morgan fingerprint density at radius 3 is 2.82 bits per heavy atom. The van der Waals surface area contributed by atoms with Crippen molar-refractivity contribution < 1.29 is 14.6 Å². The Labute approximate surface area is 170 Å². The molecule has 0 radical (unpaired) electrons. The molecule has 1 aliphatic carbocycles. The van der Waals surface area contributed by atoms with Crippen LogP contribution >= 0.6 is 11.6 Å². The molecule has 2 aliphatic rings. The van der Waals surface area contributed by atoms with E-state index >= 15 is 0 Å². The molecule has 0 spiro atoms. The highest BCUT2D eigenvalue weighted by Crippen LogP contribution is 2.26. The van der Waals surface area contributed by atoms with Crippen molar-refractivity contribution in [1.82, 2.24) is 0 Å². The summed E-state index contributed by atoms with van der Waals surface area (Å²) >= 11 is 6.17. The largest absolute Gasteiger partial charge is 0.478 e. The van der Waals surface area contributed by atoms with Crippen LogP contribution in [0.15, 0.2) is 81.9 Å². The number of carboxylic acids is 1. The zero-order valence-electron chi connectivity index (χ0n) is 15.7. The Kier molecular flexibility index (Phi) is 7.26. The van der Waals surface area contributed by atoms with E-state index in [-0.39, 0.29) is 11.5 Å². The number of nitrogens with zero attached hydrogens (tertiary/aromatic N) is 1. The van der Waals surface area contributed by atoms with E-state index in [1.54, 1.807) is 6.08 Å². The molecule has 0 fully saturated rings. The van der Waals surface area contributed by atoms with Gasteiger partial charge in [-0.3, -0.25) is 4.99 Å². The van der Waals surface area contributed by atoms with E-state index in [1.807, 2.05) is 42.5 Å². The monoisotopic (exact) mass is 397 g/mol. The van der Waals surface area contributed by atoms with Gasteiger partial charge in [0.25, 0.3) is 0 Å². The number of ether oxygens (including phenoxy) is 1. The van der Waals surface area contributed by atoms with Crippen molar-refractivity contribution >= 4 is 23.5 Å². The third-order valence-electron chi connectivity index (χ3n) is 4.78. The maximum atomic E-state index is 11.4. The summed E-state index contributed by atoms with van der Waals surface area (Å²) in [5.74, 6) is -0.184. The molecular weight excluding hydrogens is 374 g/mol. The summed E-state index contributed by atoms with van der Waals surface area (Å²) in [6.45, 7) is 1.15. The molecule has 1 unspecified atom stereocenters. The number of rotatable bonds is 4. The summed E-state index contributed by atoms with van der Waals surface area (Å²) in [5.41, 5.74) is 2.38. The molecule has 0 saturated carbocycles. The molecule has 1 aliphatic heterocycles. The average molecular weight is 398 g/mol. The van der Waals surface area contributed by atoms with Gasteiger partial charge >= 0.3 is 5.97 Å². The van der Waals surface area contributed by atoms with E-state index in [9.17, 15) is 9.90 Å². The predicted molar refractivity (Wildman–Crippen MR) is 112 cm³/mol. The molecular formula is C23H24ClNO3. The first-order chi connectivity index (χ1) is 13.6. The van der Waals surface area contributed by atoms with Crippen molar-refractivity contribution in [2.45, 2.75) is 32.3 Å². The number of hydrogen-bond acceptors (Lipinski definition) is 3. The molecule has 1 atom stereocenters. The zero-order valence-corrected chi connectivity index (χ0v) is 16.4. The normalized spacial score (nSPS) is 22.2. The summed E-state index contributed by atoms with van der Waals surface area (Å²) in [6, 6.07) is 10.0. The summed E-state index contributed by atoms with van der Waals surface area (Å²) in [6.07, 6.45) is 12.8. The second kappa shape index (κ2) is 10.1. The van der Waals surface area contributed by atoms with Gasteiger partial charge in [0.2, 0.25) is 5.90 Å². The Morgan fingerprint density at radius 1 is 1.21 bits per heavy atom. The van der Waals surface area contributed by atoms with Gasteiger partial charge in [-0.25, -0.2) is 4.79 Å². The third-order valence-corrected chi connectivity index (χ3v) is 5.17. The van der Waals surface area contributed by atoms with Gasteiger partial charge in [0, 0.05) is 17.5 Å². The van der Waals surface area contributed by atoms with Crippen molar-refractivity contribution in [3.63, 3.8) is 0 Å². The van der Waals surface area contributed by atoms with E-state index in [1.165, 1.54) is 0 Å². The second-order valence-corrected chi connectivity index (χ2v) is 7.26. The van der Waals surface area contributed by atoms with Crippen LogP contribution in [0.4, 0.5) is 0 Å². The first-order valence-electron chi connectivity index (χ1n) is 9.53. The lowest BCUT2D eigenvalue weighted by atomic mass is 9.93. The highest BCUT2D eigenvalue weighted by molar-refractivity contribution is 6.32. The van der Waals surface area contributed by atoms with Gasteiger partial charge in [0.1, 0.15) is 6.61 Å². The topological polar surface area (TPSA) is 58.9 Å². The molecule has 0 saturated heterocycles. The standard InChI is InChI=1S/C23H24ClNO3/c24-21-9-5-4-8-18(10-12-20(21)23(26)27)19-11-13-22(25-15-14-19)28-16-17-6-2-1-3-7-17/h1-3,6-8,10-13,19H,4-5,9,14-16H2,(H,26,27)/b12-10?,18-8-,21-20?. The molecule has 0 bridgehead atoms. The maximum absolute atomic E-state index is 11.4. The van der Waals surface area contributed by atoms with Crippen LogP contribution in [0.1, 0.15) is 31.2 Å². The van der Waals surface area contributed by atoms with Crippen LogP contribution in [-0.2, 0) is 16.1 Å². The minimum Gasteiger partial charge on any atom is -0.478 e. The minimum atomic E-state index is -0.987. The first-order valence-corrected chi connectivity index (χ1v) is 9.90. The number of hydrogen-bond donors (Lipinski definition) is 1. The van der Waals surface area contributed by atoms with E-state index in [4.69, 9.17) is 16.3 Å². The van der Waals surface area contributed by atoms with Crippen molar-refractivity contribution in [3.8, 4) is 0 Å². The van der Waals surface area contributed by atoms with Gasteiger partial charge in [-0.1, -0.05) is 60.2 Å². The molecule has 0 amide bonds. The lowest BCUT2D eigenvalue weighted by molar-refractivity contribution is -0.132. The Balaban J connectivity index is 1.68. The quantitative estimate of drug-likeness (QED) is 0.737. The Hall–Kier alpha value is -2.59. The van der Waals surface area contributed by atoms with E-state index in [2.05, 4.69) is 17.1 Å². The number of benzene rings is 1. The molecule has 1 N–H and O–H groups in total. The average Bonchev–Trinajstić information content (AvgIpc) is 2.88. The molecule has 1 heterocycles. The van der Waals surface area contributed by atoms with Crippen molar-refractivity contribution in [2.75, 3.05) is 6.54 Å². The molecule has 0 aromatic heterocycles. The van der Waals surface area contributed by atoms with Crippen LogP contribution in [0.2, 0.25) is 0 Å². The molecule has 3 rings (SSSR count). The second-order valence-electron chi connectivity index (χ2n) is 6.80. The smallest absolute Gasteiger partial charge is 0.336 e. The van der Waals surface area contributed by atoms with Gasteiger partial charge < -0.3 is 9.84 Å². The molecule has 4 nitrogen and oxygen atoms in total. The molecule has 28 heavy (non-hydrogen) atoms. The fourth-order valence-electron chi connectivity index (χ4n) is 3.23. The van der Waals surface area contributed by atoms with Crippen LogP contribution in [0.3, 0.4) is 0 Å². The van der Waals surface area contributed by atoms with Crippen LogP contribution in [0.25, 0.3) is 0 Å². The number of allylic oxidation sites excluding steroid dienone is 5. The first kappa shape index (κ1) is 20.2. The van der Waals surface area contributed by atoms with Gasteiger partial charge in [0.05, 0.1) is 5.57 Å². The summed E-state index contributed by atoms with van der Waals surface area (Å²) in [5, 5.41) is 9.80. The van der Waals surface area contributed by atoms with Crippen molar-refractivity contribution in [2.24, 2.45) is 10.9 Å². The number of carbonyl (C=O) groups is 1. The van der Waals surface area contributed by atoms with E-state index < -0.39 is 5.97 Å². The van der Waals surface area contributed by atoms with Crippen molar-refractivity contribution in [1.29, 1.82) is 0 Å². The van der Waals surface area contributed by atoms with Crippen LogP contribution < -0.4 is 0 Å². The van der Waals surface area contributed by atoms with Gasteiger partial charge in [-0.05, 0) is 49.0 Å². The van der Waals surface area contributed by atoms with Crippen LogP contribution in [-0.4, -0.2) is 23.5 Å². The molecule has 1 aromatic rings. The van der Waals surface area contributed by atoms with E-state index in [0.717, 1.165) is 30.4 Å². The fraction of sp³-hybridized carbons (Fsp3) is 0.304. The SMILES string of the molecule is O=C(O)C1=C(Cl)CCC/C=C(\C2C=CC(OCc3ccccc3)=NCC2)C=C1. The van der Waals surface area contributed by atoms with Crippen LogP contribution in [0, 0.1) is 5.92 Å². The van der Waals surface area contributed by atoms with Gasteiger partial charge in [0.15, 0.2) is 0 Å². The zero-order chi connectivity index (χ0) is 19.8. The van der Waals surface area contributed by atoms with Crippen molar-refractivity contribution in [3.05, 3.63) is 82.5 Å². The summed E-state index contributed by atoms with van der Waals surface area (Å²) < 4.78 is 5.84. The van der Waals surface area contributed by atoms with Gasteiger partial charge in [-0.15, -0.1) is 0 Å². The summed E-state index contributed by atoms with van der Waals surface area (Å²) in [4.78, 5) is 16.0. The number of aliphatic carboxylic acids is 1. The molecule has 1 aromatic carbocycles.